The molecule has 2 saturated heterocycles. The molecule has 3 aromatic carbocycles. The summed E-state index contributed by atoms with van der Waals surface area (Å²) < 4.78 is 11.6. The maximum absolute atomic E-state index is 14.5. The molecule has 0 aromatic heterocycles. The minimum absolute atomic E-state index is 0.0370. The number of carboxylic acids is 1. The first-order valence-corrected chi connectivity index (χ1v) is 14.6. The van der Waals surface area contributed by atoms with Crippen molar-refractivity contribution in [1.29, 1.82) is 0 Å². The number of phenolic OH excluding ortho intramolecular Hbond substituents is 1. The second kappa shape index (κ2) is 11.4. The summed E-state index contributed by atoms with van der Waals surface area (Å²) in [5, 5.41) is 23.9. The SMILES string of the molecule is CCc1cccc(CC)c1N1C(=O)C2C(c3cc(Br)c(OC)c(OC)c3)NC(Cc3ccc(O)cc3)(C(=O)O)C2C1=O. The van der Waals surface area contributed by atoms with E-state index in [-0.39, 0.29) is 12.2 Å². The number of methoxy groups -OCH3 is 2. The quantitative estimate of drug-likeness (QED) is 0.286. The smallest absolute Gasteiger partial charge is 0.325 e. The molecule has 0 bridgehead atoms. The van der Waals surface area contributed by atoms with Crippen LogP contribution in [0, 0.1) is 11.8 Å². The molecule has 3 aromatic rings. The van der Waals surface area contributed by atoms with Gasteiger partial charge in [0.05, 0.1) is 36.2 Å². The van der Waals surface area contributed by atoms with E-state index in [9.17, 15) is 24.6 Å². The van der Waals surface area contributed by atoms with Crippen LogP contribution in [0.2, 0.25) is 0 Å². The number of anilines is 1. The Bertz CT molecular complexity index is 1530. The number of amides is 2. The van der Waals surface area contributed by atoms with Gasteiger partial charge < -0.3 is 19.7 Å². The number of aryl methyl sites for hydroxylation is 2. The lowest BCUT2D eigenvalue weighted by Gasteiger charge is -2.32. The van der Waals surface area contributed by atoms with Crippen LogP contribution in [-0.2, 0) is 33.6 Å². The van der Waals surface area contributed by atoms with Crippen LogP contribution < -0.4 is 19.7 Å². The molecule has 220 valence electrons. The van der Waals surface area contributed by atoms with Crippen molar-refractivity contribution in [2.24, 2.45) is 11.8 Å². The molecule has 10 heteroatoms. The Morgan fingerprint density at radius 3 is 2.19 bits per heavy atom. The van der Waals surface area contributed by atoms with E-state index in [0.29, 0.717) is 45.6 Å². The molecule has 4 unspecified atom stereocenters. The molecule has 9 nitrogen and oxygen atoms in total. The number of aliphatic carboxylic acids is 1. The standard InChI is InChI=1S/C32H33BrN2O7/c1-5-18-8-7-9-19(6-2)27(18)35-29(37)24-25(30(35)38)32(31(39)40,16-17-10-12-21(36)13-11-17)34-26(24)20-14-22(33)28(42-4)23(15-20)41-3/h7-15,24-26,34,36H,5-6,16H2,1-4H3,(H,39,40). The maximum atomic E-state index is 14.5. The van der Waals surface area contributed by atoms with Gasteiger partial charge in [-0.15, -0.1) is 0 Å². The summed E-state index contributed by atoms with van der Waals surface area (Å²) >= 11 is 3.51. The summed E-state index contributed by atoms with van der Waals surface area (Å²) in [6, 6.07) is 14.5. The van der Waals surface area contributed by atoms with Gasteiger partial charge in [0.1, 0.15) is 11.3 Å². The third-order valence-corrected chi connectivity index (χ3v) is 9.05. The minimum atomic E-state index is -1.82. The molecule has 0 saturated carbocycles. The largest absolute Gasteiger partial charge is 0.508 e. The highest BCUT2D eigenvalue weighted by molar-refractivity contribution is 9.10. The lowest BCUT2D eigenvalue weighted by molar-refractivity contribution is -0.148. The Hall–Kier alpha value is -3.89. The second-order valence-corrected chi connectivity index (χ2v) is 11.5. The van der Waals surface area contributed by atoms with Gasteiger partial charge in [0.25, 0.3) is 0 Å². The zero-order valence-electron chi connectivity index (χ0n) is 23.8. The summed E-state index contributed by atoms with van der Waals surface area (Å²) in [4.78, 5) is 43.5. The van der Waals surface area contributed by atoms with E-state index in [2.05, 4.69) is 21.2 Å². The van der Waals surface area contributed by atoms with E-state index in [1.807, 2.05) is 32.0 Å². The van der Waals surface area contributed by atoms with E-state index in [0.717, 1.165) is 11.1 Å². The lowest BCUT2D eigenvalue weighted by Crippen LogP contribution is -2.57. The molecular weight excluding hydrogens is 604 g/mol. The van der Waals surface area contributed by atoms with Crippen molar-refractivity contribution in [1.82, 2.24) is 5.32 Å². The maximum Gasteiger partial charge on any atom is 0.325 e. The molecule has 5 rings (SSSR count). The number of nitrogens with zero attached hydrogens (tertiary/aromatic N) is 1. The number of benzene rings is 3. The molecule has 42 heavy (non-hydrogen) atoms. The number of nitrogens with one attached hydrogen (secondary N) is 1. The van der Waals surface area contributed by atoms with Crippen LogP contribution in [0.5, 0.6) is 17.2 Å². The van der Waals surface area contributed by atoms with Crippen LogP contribution in [0.4, 0.5) is 5.69 Å². The van der Waals surface area contributed by atoms with Gasteiger partial charge in [-0.25, -0.2) is 4.90 Å². The van der Waals surface area contributed by atoms with Crippen LogP contribution in [0.25, 0.3) is 0 Å². The Labute approximate surface area is 252 Å². The van der Waals surface area contributed by atoms with Crippen molar-refractivity contribution in [2.45, 2.75) is 44.7 Å². The van der Waals surface area contributed by atoms with Crippen LogP contribution in [-0.4, -0.2) is 47.8 Å². The molecule has 2 aliphatic heterocycles. The summed E-state index contributed by atoms with van der Waals surface area (Å²) in [6.45, 7) is 3.92. The first-order chi connectivity index (χ1) is 20.1. The lowest BCUT2D eigenvalue weighted by atomic mass is 9.76. The van der Waals surface area contributed by atoms with E-state index >= 15 is 0 Å². The summed E-state index contributed by atoms with van der Waals surface area (Å²) in [5.74, 6) is -3.57. The van der Waals surface area contributed by atoms with Crippen molar-refractivity contribution < 1.29 is 34.1 Å². The summed E-state index contributed by atoms with van der Waals surface area (Å²) in [6.07, 6.45) is 1.10. The second-order valence-electron chi connectivity index (χ2n) is 10.6. The highest BCUT2D eigenvalue weighted by atomic mass is 79.9. The number of aromatic hydroxyl groups is 1. The Morgan fingerprint density at radius 2 is 1.64 bits per heavy atom. The fraction of sp³-hybridized carbons (Fsp3) is 0.344. The highest BCUT2D eigenvalue weighted by Gasteiger charge is 2.69. The summed E-state index contributed by atoms with van der Waals surface area (Å²) in [5.41, 5.74) is 1.58. The molecule has 2 amide bonds. The van der Waals surface area contributed by atoms with Crippen molar-refractivity contribution in [3.05, 3.63) is 81.3 Å². The number of imide groups is 1. The molecule has 2 heterocycles. The van der Waals surface area contributed by atoms with Gasteiger partial charge in [-0.3, -0.25) is 19.7 Å². The van der Waals surface area contributed by atoms with E-state index in [1.165, 1.54) is 31.3 Å². The molecule has 3 N–H and O–H groups in total. The molecular formula is C32H33BrN2O7. The highest BCUT2D eigenvalue weighted by Crippen LogP contribution is 2.53. The normalized spacial score (nSPS) is 23.3. The van der Waals surface area contributed by atoms with Gasteiger partial charge in [-0.1, -0.05) is 44.2 Å². The number of carbonyl (C=O) groups is 3. The number of ether oxygens (including phenoxy) is 2. The number of hydrogen-bond donors (Lipinski definition) is 3. The number of carbonyl (C=O) groups excluding carboxylic acids is 2. The average molecular weight is 638 g/mol. The number of rotatable bonds is 9. The molecule has 0 aliphatic carbocycles. The number of para-hydroxylation sites is 1. The molecule has 2 fully saturated rings. The number of fused-ring (bicyclic) bond motifs is 1. The Morgan fingerprint density at radius 1 is 1.00 bits per heavy atom. The van der Waals surface area contributed by atoms with E-state index in [1.54, 1.807) is 24.3 Å². The predicted molar refractivity (Wildman–Crippen MR) is 160 cm³/mol. The first kappa shape index (κ1) is 29.6. The average Bonchev–Trinajstić information content (AvgIpc) is 3.46. The molecule has 2 aliphatic rings. The number of hydrogen-bond acceptors (Lipinski definition) is 7. The fourth-order valence-electron chi connectivity index (χ4n) is 6.50. The van der Waals surface area contributed by atoms with Gasteiger partial charge in [-0.05, 0) is 75.3 Å². The van der Waals surface area contributed by atoms with Crippen LogP contribution in [0.3, 0.4) is 0 Å². The van der Waals surface area contributed by atoms with Gasteiger partial charge in [-0.2, -0.15) is 0 Å². The molecule has 0 spiro atoms. The van der Waals surface area contributed by atoms with Gasteiger partial charge in [0.2, 0.25) is 11.8 Å². The van der Waals surface area contributed by atoms with Crippen LogP contribution >= 0.6 is 15.9 Å². The number of carboxylic acid groups (broad SMARTS) is 1. The molecule has 0 radical (unpaired) electrons. The van der Waals surface area contributed by atoms with Crippen molar-refractivity contribution >= 4 is 39.4 Å². The first-order valence-electron chi connectivity index (χ1n) is 13.8. The number of phenols is 1. The monoisotopic (exact) mass is 636 g/mol. The van der Waals surface area contributed by atoms with Crippen molar-refractivity contribution in [3.8, 4) is 17.2 Å². The third kappa shape index (κ3) is 4.62. The van der Waals surface area contributed by atoms with Gasteiger partial charge in [0, 0.05) is 12.5 Å². The minimum Gasteiger partial charge on any atom is -0.508 e. The van der Waals surface area contributed by atoms with Gasteiger partial charge >= 0.3 is 5.97 Å². The topological polar surface area (TPSA) is 125 Å². The fourth-order valence-corrected chi connectivity index (χ4v) is 7.12. The van der Waals surface area contributed by atoms with Crippen molar-refractivity contribution in [3.63, 3.8) is 0 Å². The Kier molecular flexibility index (Phi) is 8.04. The molecule has 4 atom stereocenters. The zero-order chi connectivity index (χ0) is 30.3. The predicted octanol–water partition coefficient (Wildman–Crippen LogP) is 4.81. The van der Waals surface area contributed by atoms with Gasteiger partial charge in [0.15, 0.2) is 11.5 Å². The summed E-state index contributed by atoms with van der Waals surface area (Å²) in [7, 11) is 3.00. The number of halogens is 1. The zero-order valence-corrected chi connectivity index (χ0v) is 25.4. The van der Waals surface area contributed by atoms with Crippen LogP contribution in [0.15, 0.2) is 59.1 Å². The Balaban J connectivity index is 1.73. The van der Waals surface area contributed by atoms with E-state index < -0.39 is 41.2 Å². The van der Waals surface area contributed by atoms with E-state index in [4.69, 9.17) is 9.47 Å². The van der Waals surface area contributed by atoms with Crippen LogP contribution in [0.1, 0.15) is 42.1 Å². The van der Waals surface area contributed by atoms with Crippen molar-refractivity contribution in [2.75, 3.05) is 19.1 Å². The third-order valence-electron chi connectivity index (χ3n) is 8.46.